The molecule has 2 aromatic rings. The third-order valence-electron chi connectivity index (χ3n) is 7.23. The van der Waals surface area contributed by atoms with Gasteiger partial charge in [0.05, 0.1) is 12.0 Å². The Labute approximate surface area is 262 Å². The summed E-state index contributed by atoms with van der Waals surface area (Å²) in [6, 6.07) is 4.29. The van der Waals surface area contributed by atoms with E-state index in [-0.39, 0.29) is 15.1 Å². The first kappa shape index (κ1) is 33.6. The van der Waals surface area contributed by atoms with Crippen LogP contribution in [-0.4, -0.2) is 93.4 Å². The Bertz CT molecular complexity index is 1610. The number of rotatable bonds is 15. The Hall–Kier alpha value is -4.33. The lowest BCUT2D eigenvalue weighted by molar-refractivity contribution is -0.152. The van der Waals surface area contributed by atoms with Gasteiger partial charge in [-0.2, -0.15) is 8.42 Å². The van der Waals surface area contributed by atoms with Crippen molar-refractivity contribution in [3.05, 3.63) is 40.4 Å². The number of carboxylic acid groups (broad SMARTS) is 1. The summed E-state index contributed by atoms with van der Waals surface area (Å²) in [5.41, 5.74) is 18.8. The second kappa shape index (κ2) is 14.2. The monoisotopic (exact) mass is 666 g/mol. The molecule has 19 heteroatoms. The summed E-state index contributed by atoms with van der Waals surface area (Å²) in [6.07, 6.45) is -0.450. The molecule has 1 saturated heterocycles. The van der Waals surface area contributed by atoms with Gasteiger partial charge >= 0.3 is 16.3 Å². The SMILES string of the molecule is CC1C(CC(=O)/C(=N\OC(COc2ccc3c(c2)CN(C(N)=NCCCCN)C3)C(=O)O)c2csc(N)n2)C(=O)N1S(=O)(=O)O. The molecule has 244 valence electrons. The molecule has 1 aromatic carbocycles. The lowest BCUT2D eigenvalue weighted by atomic mass is 9.86. The summed E-state index contributed by atoms with van der Waals surface area (Å²) in [4.78, 5) is 52.9. The van der Waals surface area contributed by atoms with Crippen molar-refractivity contribution in [2.45, 2.75) is 51.4 Å². The molecule has 0 bridgehead atoms. The summed E-state index contributed by atoms with van der Waals surface area (Å²) in [6.45, 7) is 3.10. The molecule has 17 nitrogen and oxygen atoms in total. The number of nitrogens with two attached hydrogens (primary N) is 3. The number of amides is 1. The molecule has 3 atom stereocenters. The molecule has 3 unspecified atom stereocenters. The van der Waals surface area contributed by atoms with Gasteiger partial charge in [-0.3, -0.25) is 19.1 Å². The molecule has 0 spiro atoms. The van der Waals surface area contributed by atoms with Gasteiger partial charge in [0.25, 0.3) is 6.10 Å². The summed E-state index contributed by atoms with van der Waals surface area (Å²) >= 11 is 0.985. The van der Waals surface area contributed by atoms with E-state index in [2.05, 4.69) is 15.1 Å². The number of hydrogen-bond donors (Lipinski definition) is 5. The fourth-order valence-corrected chi connectivity index (χ4v) is 6.25. The fraction of sp³-hybridized carbons (Fsp3) is 0.462. The van der Waals surface area contributed by atoms with E-state index in [1.165, 1.54) is 12.3 Å². The minimum atomic E-state index is -4.78. The molecule has 1 fully saturated rings. The van der Waals surface area contributed by atoms with Crippen molar-refractivity contribution in [3.63, 3.8) is 0 Å². The first-order valence-corrected chi connectivity index (χ1v) is 16.1. The predicted molar refractivity (Wildman–Crippen MR) is 163 cm³/mol. The van der Waals surface area contributed by atoms with Crippen LogP contribution in [-0.2, 0) is 42.6 Å². The standard InChI is InChI=1S/C26H34N8O9S2/c1-14-18(23(36)34(14)45(39,40)41)9-20(35)22(19-13-44-26(29)31-19)32-43-21(24(37)38)12-42-17-5-4-15-10-33(11-16(15)8-17)25(28)30-7-3-2-6-27/h4-5,8,13-14,18,21H,2-3,6-7,9-12,27H2,1H3,(H2,28,30)(H2,29,31)(H,37,38)(H,39,40,41)/b32-22-. The molecule has 8 N–H and O–H groups in total. The van der Waals surface area contributed by atoms with Gasteiger partial charge in [-0.15, -0.1) is 11.3 Å². The van der Waals surface area contributed by atoms with Gasteiger partial charge in [-0.25, -0.2) is 14.1 Å². The predicted octanol–water partition coefficient (Wildman–Crippen LogP) is -0.0437. The lowest BCUT2D eigenvalue weighted by Gasteiger charge is -2.41. The van der Waals surface area contributed by atoms with Crippen LogP contribution < -0.4 is 21.9 Å². The molecule has 2 aliphatic heterocycles. The Morgan fingerprint density at radius 3 is 2.60 bits per heavy atom. The number of anilines is 1. The smallest absolute Gasteiger partial charge is 0.362 e. The first-order valence-electron chi connectivity index (χ1n) is 13.8. The Kier molecular flexibility index (Phi) is 10.6. The Morgan fingerprint density at radius 2 is 1.98 bits per heavy atom. The van der Waals surface area contributed by atoms with Gasteiger partial charge in [0, 0.05) is 31.4 Å². The van der Waals surface area contributed by atoms with Crippen molar-refractivity contribution in [2.75, 3.05) is 25.4 Å². The number of Topliss-reactive ketones (excluding diaryl/α,β-unsaturated/α-hetero) is 1. The molecule has 3 heterocycles. The third kappa shape index (κ3) is 8.04. The topological polar surface area (TPSA) is 266 Å². The number of nitrogens with zero attached hydrogens (tertiary/aromatic N) is 5. The van der Waals surface area contributed by atoms with E-state index in [9.17, 15) is 32.5 Å². The van der Waals surface area contributed by atoms with Gasteiger partial charge in [-0.1, -0.05) is 11.2 Å². The Morgan fingerprint density at radius 1 is 1.24 bits per heavy atom. The number of aliphatic imine (C=N–C) groups is 1. The average Bonchev–Trinajstić information content (AvgIpc) is 3.60. The number of thiazole rings is 1. The van der Waals surface area contributed by atoms with Crippen molar-refractivity contribution in [3.8, 4) is 5.75 Å². The summed E-state index contributed by atoms with van der Waals surface area (Å²) in [5, 5.41) is 15.0. The maximum Gasteiger partial charge on any atom is 0.362 e. The number of aliphatic carboxylic acids is 1. The van der Waals surface area contributed by atoms with E-state index in [1.807, 2.05) is 11.0 Å². The van der Waals surface area contributed by atoms with Crippen LogP contribution in [0.5, 0.6) is 5.75 Å². The molecular weight excluding hydrogens is 632 g/mol. The number of unbranched alkanes of at least 4 members (excludes halogenated alkanes) is 1. The quantitative estimate of drug-likeness (QED) is 0.0417. The van der Waals surface area contributed by atoms with Gasteiger partial charge in [-0.05, 0) is 49.6 Å². The molecule has 4 rings (SSSR count). The van der Waals surface area contributed by atoms with E-state index >= 15 is 0 Å². The van der Waals surface area contributed by atoms with Crippen LogP contribution in [0.15, 0.2) is 33.7 Å². The highest BCUT2D eigenvalue weighted by Crippen LogP contribution is 2.32. The average molecular weight is 667 g/mol. The molecule has 1 aromatic heterocycles. The molecule has 45 heavy (non-hydrogen) atoms. The van der Waals surface area contributed by atoms with E-state index in [1.54, 1.807) is 12.1 Å². The third-order valence-corrected chi connectivity index (χ3v) is 8.91. The minimum Gasteiger partial charge on any atom is -0.489 e. The normalized spacial score (nSPS) is 19.2. The highest BCUT2D eigenvalue weighted by molar-refractivity contribution is 7.84. The highest BCUT2D eigenvalue weighted by atomic mass is 32.2. The molecular formula is C26H34N8O9S2. The van der Waals surface area contributed by atoms with Crippen LogP contribution in [0.1, 0.15) is 43.0 Å². The van der Waals surface area contributed by atoms with Crippen LogP contribution in [0.3, 0.4) is 0 Å². The summed E-state index contributed by atoms with van der Waals surface area (Å²) in [5.74, 6) is -3.47. The number of ketones is 1. The zero-order valence-electron chi connectivity index (χ0n) is 24.2. The lowest BCUT2D eigenvalue weighted by Crippen LogP contribution is -2.62. The van der Waals surface area contributed by atoms with Gasteiger partial charge in [0.1, 0.15) is 18.1 Å². The zero-order chi connectivity index (χ0) is 32.9. The first-order chi connectivity index (χ1) is 21.3. The minimum absolute atomic E-state index is 0.0241. The van der Waals surface area contributed by atoms with Crippen LogP contribution in [0, 0.1) is 5.92 Å². The molecule has 0 radical (unpaired) electrons. The van der Waals surface area contributed by atoms with Crippen LogP contribution in [0.4, 0.5) is 5.13 Å². The maximum atomic E-state index is 13.2. The van der Waals surface area contributed by atoms with Crippen LogP contribution in [0.2, 0.25) is 0 Å². The number of carbonyl (C=O) groups excluding carboxylic acids is 2. The second-order valence-corrected chi connectivity index (χ2v) is 12.5. The number of ether oxygens (including phenoxy) is 1. The van der Waals surface area contributed by atoms with Crippen LogP contribution >= 0.6 is 11.3 Å². The van der Waals surface area contributed by atoms with E-state index < -0.39 is 64.8 Å². The number of aromatic nitrogens is 1. The molecule has 2 aliphatic rings. The second-order valence-electron chi connectivity index (χ2n) is 10.4. The van der Waals surface area contributed by atoms with Crippen molar-refractivity contribution < 1.29 is 42.0 Å². The number of guanidine groups is 1. The van der Waals surface area contributed by atoms with Crippen LogP contribution in [0.25, 0.3) is 0 Å². The fourth-order valence-electron chi connectivity index (χ4n) is 4.77. The number of hydrogen-bond acceptors (Lipinski definition) is 13. The zero-order valence-corrected chi connectivity index (χ0v) is 25.9. The van der Waals surface area contributed by atoms with E-state index in [4.69, 9.17) is 26.8 Å². The number of nitrogen functional groups attached to an aromatic ring is 1. The molecule has 0 saturated carbocycles. The van der Waals surface area contributed by atoms with Crippen molar-refractivity contribution in [1.82, 2.24) is 14.2 Å². The molecule has 1 amide bonds. The van der Waals surface area contributed by atoms with E-state index in [0.717, 1.165) is 35.3 Å². The number of oxime groups is 1. The summed E-state index contributed by atoms with van der Waals surface area (Å²) < 4.78 is 38.0. The number of benzene rings is 1. The number of β-lactam (4-membered cyclic amide) rings is 1. The number of carboxylic acids is 1. The number of fused-ring (bicyclic) bond motifs is 1. The molecule has 0 aliphatic carbocycles. The maximum absolute atomic E-state index is 13.2. The number of carbonyl (C=O) groups is 3. The largest absolute Gasteiger partial charge is 0.489 e. The van der Waals surface area contributed by atoms with Crippen molar-refractivity contribution >= 4 is 56.1 Å². The van der Waals surface area contributed by atoms with E-state index in [0.29, 0.717) is 37.9 Å². The van der Waals surface area contributed by atoms with Crippen molar-refractivity contribution in [2.24, 2.45) is 27.5 Å². The summed E-state index contributed by atoms with van der Waals surface area (Å²) in [7, 11) is -4.78. The van der Waals surface area contributed by atoms with Gasteiger partial charge < -0.3 is 36.8 Å². The highest BCUT2D eigenvalue weighted by Gasteiger charge is 2.51. The van der Waals surface area contributed by atoms with Gasteiger partial charge in [0.15, 0.2) is 22.6 Å². The van der Waals surface area contributed by atoms with Gasteiger partial charge in [0.2, 0.25) is 5.91 Å². The van der Waals surface area contributed by atoms with Crippen molar-refractivity contribution in [1.29, 1.82) is 0 Å². The Balaban J connectivity index is 1.41.